The number of rotatable bonds is 5. The monoisotopic (exact) mass is 406 g/mol. The third kappa shape index (κ3) is 4.62. The van der Waals surface area contributed by atoms with Gasteiger partial charge in [0.05, 0.1) is 23.3 Å². The lowest BCUT2D eigenvalue weighted by atomic mass is 10.1. The number of aromatic nitrogens is 1. The molecule has 7 heteroatoms. The fourth-order valence-corrected chi connectivity index (χ4v) is 3.62. The van der Waals surface area contributed by atoms with Gasteiger partial charge in [-0.05, 0) is 29.8 Å². The van der Waals surface area contributed by atoms with Gasteiger partial charge in [0.2, 0.25) is 0 Å². The standard InChI is InChI=1S/C22H18N2O4S/c1-24-20(11-12-23)29-19(21(24)25)13-17-5-3-4-6-18(17)28-14-15-7-9-16(10-8-15)22(26)27-2/h3-11,13H,14H2,1-2H3/b19-13-,20-11-. The van der Waals surface area contributed by atoms with Crippen LogP contribution >= 0.6 is 11.3 Å². The first-order valence-corrected chi connectivity index (χ1v) is 9.51. The third-order valence-corrected chi connectivity index (χ3v) is 5.34. The summed E-state index contributed by atoms with van der Waals surface area (Å²) in [6, 6.07) is 16.3. The summed E-state index contributed by atoms with van der Waals surface area (Å²) in [6.07, 6.45) is 3.11. The molecule has 0 fully saturated rings. The second-order valence-corrected chi connectivity index (χ2v) is 7.16. The van der Waals surface area contributed by atoms with Gasteiger partial charge in [-0.3, -0.25) is 4.79 Å². The minimum Gasteiger partial charge on any atom is -0.488 e. The van der Waals surface area contributed by atoms with Crippen LogP contribution in [0.4, 0.5) is 0 Å². The number of esters is 1. The summed E-state index contributed by atoms with van der Waals surface area (Å²) in [5.41, 5.74) is 1.97. The van der Waals surface area contributed by atoms with E-state index < -0.39 is 0 Å². The van der Waals surface area contributed by atoms with E-state index in [1.54, 1.807) is 37.4 Å². The van der Waals surface area contributed by atoms with Gasteiger partial charge in [0.15, 0.2) is 0 Å². The molecule has 0 aliphatic rings. The molecule has 3 rings (SSSR count). The maximum Gasteiger partial charge on any atom is 0.337 e. The summed E-state index contributed by atoms with van der Waals surface area (Å²) in [6.45, 7) is 0.308. The number of hydrogen-bond donors (Lipinski definition) is 0. The Morgan fingerprint density at radius 1 is 1.21 bits per heavy atom. The molecule has 6 nitrogen and oxygen atoms in total. The van der Waals surface area contributed by atoms with E-state index in [-0.39, 0.29) is 11.5 Å². The fourth-order valence-electron chi connectivity index (χ4n) is 2.65. The number of nitrogens with zero attached hydrogens (tertiary/aromatic N) is 2. The zero-order valence-corrected chi connectivity index (χ0v) is 16.7. The molecule has 146 valence electrons. The molecule has 0 aliphatic carbocycles. The highest BCUT2D eigenvalue weighted by Crippen LogP contribution is 2.20. The molecule has 0 radical (unpaired) electrons. The van der Waals surface area contributed by atoms with E-state index in [9.17, 15) is 9.59 Å². The third-order valence-electron chi connectivity index (χ3n) is 4.22. The normalized spacial score (nSPS) is 11.9. The molecule has 0 atom stereocenters. The molecular formula is C22H18N2O4S. The van der Waals surface area contributed by atoms with Gasteiger partial charge in [-0.2, -0.15) is 5.26 Å². The highest BCUT2D eigenvalue weighted by atomic mass is 32.1. The maximum absolute atomic E-state index is 12.4. The van der Waals surface area contributed by atoms with E-state index in [4.69, 9.17) is 14.7 Å². The van der Waals surface area contributed by atoms with Gasteiger partial charge < -0.3 is 14.0 Å². The molecule has 3 aromatic rings. The average Bonchev–Trinajstić information content (AvgIpc) is 3.01. The fraction of sp³-hybridized carbons (Fsp3) is 0.136. The molecule has 0 unspecified atom stereocenters. The van der Waals surface area contributed by atoms with Gasteiger partial charge in [-0.1, -0.05) is 30.3 Å². The van der Waals surface area contributed by atoms with Crippen molar-refractivity contribution in [2.24, 2.45) is 7.05 Å². The van der Waals surface area contributed by atoms with Crippen molar-refractivity contribution in [3.63, 3.8) is 0 Å². The first-order valence-electron chi connectivity index (χ1n) is 8.70. The topological polar surface area (TPSA) is 81.3 Å². The summed E-state index contributed by atoms with van der Waals surface area (Å²) >= 11 is 1.25. The molecule has 0 spiro atoms. The number of para-hydroxylation sites is 1. The summed E-state index contributed by atoms with van der Waals surface area (Å²) in [5.74, 6) is 0.244. The molecule has 0 saturated heterocycles. The van der Waals surface area contributed by atoms with E-state index in [1.807, 2.05) is 30.3 Å². The largest absolute Gasteiger partial charge is 0.488 e. The van der Waals surface area contributed by atoms with Gasteiger partial charge in [0.1, 0.15) is 17.0 Å². The van der Waals surface area contributed by atoms with Crippen LogP contribution in [0.15, 0.2) is 53.3 Å². The zero-order valence-electron chi connectivity index (χ0n) is 15.9. The van der Waals surface area contributed by atoms with E-state index >= 15 is 0 Å². The number of carbonyl (C=O) groups excluding carboxylic acids is 1. The molecule has 0 saturated carbocycles. The number of ether oxygens (including phenoxy) is 2. The number of hydrogen-bond acceptors (Lipinski definition) is 6. The predicted octanol–water partition coefficient (Wildman–Crippen LogP) is 1.95. The summed E-state index contributed by atoms with van der Waals surface area (Å²) in [5, 5.41) is 8.85. The smallest absolute Gasteiger partial charge is 0.337 e. The molecule has 0 amide bonds. The summed E-state index contributed by atoms with van der Waals surface area (Å²) < 4.78 is 13.2. The Balaban J connectivity index is 1.86. The molecule has 2 aromatic carbocycles. The van der Waals surface area contributed by atoms with Crippen LogP contribution in [0.1, 0.15) is 21.5 Å². The molecule has 0 bridgehead atoms. The minimum absolute atomic E-state index is 0.162. The zero-order chi connectivity index (χ0) is 20.8. The van der Waals surface area contributed by atoms with Crippen LogP contribution in [-0.2, 0) is 18.4 Å². The van der Waals surface area contributed by atoms with Crippen molar-refractivity contribution in [3.8, 4) is 11.8 Å². The lowest BCUT2D eigenvalue weighted by molar-refractivity contribution is 0.0600. The highest BCUT2D eigenvalue weighted by Gasteiger charge is 2.07. The second kappa shape index (κ2) is 9.04. The SMILES string of the molecule is COC(=O)c1ccc(COc2ccccc2/C=c2\s/c(=C\C#N)n(C)c2=O)cc1. The van der Waals surface area contributed by atoms with Crippen LogP contribution in [0, 0.1) is 11.3 Å². The van der Waals surface area contributed by atoms with Gasteiger partial charge >= 0.3 is 5.97 Å². The van der Waals surface area contributed by atoms with E-state index in [0.29, 0.717) is 27.1 Å². The Morgan fingerprint density at radius 3 is 2.62 bits per heavy atom. The first kappa shape index (κ1) is 20.1. The molecule has 0 aliphatic heterocycles. The average molecular weight is 406 g/mol. The maximum atomic E-state index is 12.4. The van der Waals surface area contributed by atoms with Crippen LogP contribution in [0.2, 0.25) is 0 Å². The minimum atomic E-state index is -0.386. The van der Waals surface area contributed by atoms with Crippen molar-refractivity contribution in [3.05, 3.63) is 84.8 Å². The van der Waals surface area contributed by atoms with Crippen LogP contribution in [0.3, 0.4) is 0 Å². The van der Waals surface area contributed by atoms with Crippen molar-refractivity contribution in [2.75, 3.05) is 7.11 Å². The van der Waals surface area contributed by atoms with E-state index in [0.717, 1.165) is 11.1 Å². The lowest BCUT2D eigenvalue weighted by Gasteiger charge is -2.09. The molecule has 29 heavy (non-hydrogen) atoms. The molecular weight excluding hydrogens is 388 g/mol. The van der Waals surface area contributed by atoms with Crippen molar-refractivity contribution in [1.82, 2.24) is 4.57 Å². The van der Waals surface area contributed by atoms with E-state index in [2.05, 4.69) is 0 Å². The number of thiazole rings is 1. The van der Waals surface area contributed by atoms with Crippen LogP contribution in [-0.4, -0.2) is 17.6 Å². The quantitative estimate of drug-likeness (QED) is 0.605. The summed E-state index contributed by atoms with van der Waals surface area (Å²) in [4.78, 5) is 23.9. The Hall–Kier alpha value is -3.63. The molecule has 1 heterocycles. The van der Waals surface area contributed by atoms with Gasteiger partial charge in [-0.25, -0.2) is 4.79 Å². The Kier molecular flexibility index (Phi) is 6.27. The summed E-state index contributed by atoms with van der Waals surface area (Å²) in [7, 11) is 2.98. The number of carbonyl (C=O) groups is 1. The Bertz CT molecular complexity index is 1250. The Labute approximate surface area is 171 Å². The van der Waals surface area contributed by atoms with Crippen LogP contribution in [0.25, 0.3) is 12.2 Å². The second-order valence-electron chi connectivity index (χ2n) is 6.10. The van der Waals surface area contributed by atoms with Crippen molar-refractivity contribution in [1.29, 1.82) is 5.26 Å². The number of nitriles is 1. The van der Waals surface area contributed by atoms with Gasteiger partial charge in [-0.15, -0.1) is 11.3 Å². The lowest BCUT2D eigenvalue weighted by Crippen LogP contribution is -2.28. The molecule has 1 aromatic heterocycles. The van der Waals surface area contributed by atoms with E-state index in [1.165, 1.54) is 29.1 Å². The van der Waals surface area contributed by atoms with Gasteiger partial charge in [0, 0.05) is 18.7 Å². The predicted molar refractivity (Wildman–Crippen MR) is 111 cm³/mol. The van der Waals surface area contributed by atoms with Crippen molar-refractivity contribution < 1.29 is 14.3 Å². The Morgan fingerprint density at radius 2 is 1.93 bits per heavy atom. The van der Waals surface area contributed by atoms with Gasteiger partial charge in [0.25, 0.3) is 5.56 Å². The van der Waals surface area contributed by atoms with Crippen molar-refractivity contribution in [2.45, 2.75) is 6.61 Å². The number of benzene rings is 2. The molecule has 0 N–H and O–H groups in total. The highest BCUT2D eigenvalue weighted by molar-refractivity contribution is 7.07. The van der Waals surface area contributed by atoms with Crippen molar-refractivity contribution >= 4 is 29.5 Å². The number of methoxy groups -OCH3 is 1. The van der Waals surface area contributed by atoms with Crippen LogP contribution < -0.4 is 19.5 Å². The first-order chi connectivity index (χ1) is 14.0. The van der Waals surface area contributed by atoms with Crippen LogP contribution in [0.5, 0.6) is 5.75 Å².